The van der Waals surface area contributed by atoms with Crippen LogP contribution in [0.15, 0.2) is 48.5 Å². The summed E-state index contributed by atoms with van der Waals surface area (Å²) in [5.41, 5.74) is 6.99. The van der Waals surface area contributed by atoms with Crippen LogP contribution in [0.1, 0.15) is 18.5 Å². The normalized spacial score (nSPS) is 11.7. The number of hydrogen-bond acceptors (Lipinski definition) is 3. The fourth-order valence-electron chi connectivity index (χ4n) is 1.99. The summed E-state index contributed by atoms with van der Waals surface area (Å²) in [6.45, 7) is 2.51. The molecule has 5 heteroatoms. The van der Waals surface area contributed by atoms with Crippen LogP contribution in [0.4, 0.5) is 5.69 Å². The van der Waals surface area contributed by atoms with Gasteiger partial charge in [-0.1, -0.05) is 29.8 Å². The van der Waals surface area contributed by atoms with Gasteiger partial charge in [-0.05, 0) is 42.8 Å². The van der Waals surface area contributed by atoms with Gasteiger partial charge < -0.3 is 15.8 Å². The van der Waals surface area contributed by atoms with Gasteiger partial charge >= 0.3 is 0 Å². The molecule has 0 spiro atoms. The highest BCUT2D eigenvalue weighted by Crippen LogP contribution is 2.23. The molecule has 0 aromatic heterocycles. The van der Waals surface area contributed by atoms with Gasteiger partial charge in [-0.15, -0.1) is 0 Å². The van der Waals surface area contributed by atoms with E-state index in [0.29, 0.717) is 11.6 Å². The van der Waals surface area contributed by atoms with Crippen LogP contribution in [0.2, 0.25) is 5.02 Å². The van der Waals surface area contributed by atoms with Crippen LogP contribution < -0.4 is 15.8 Å². The van der Waals surface area contributed by atoms with Crippen LogP contribution >= 0.6 is 11.6 Å². The minimum absolute atomic E-state index is 0.459. The molecule has 2 aromatic rings. The minimum atomic E-state index is -0.626. The molecule has 2 rings (SSSR count). The Balaban J connectivity index is 2.20. The average Bonchev–Trinajstić information content (AvgIpc) is 2.46. The Morgan fingerprint density at radius 3 is 2.57 bits per heavy atom. The SMILES string of the molecule is CCOc1ccc(C(Nc2cccc(Cl)c2)C(N)=O)cc1. The number of anilines is 1. The van der Waals surface area contributed by atoms with Crippen molar-refractivity contribution in [2.45, 2.75) is 13.0 Å². The Bertz CT molecular complexity index is 614. The highest BCUT2D eigenvalue weighted by atomic mass is 35.5. The first-order valence-electron chi connectivity index (χ1n) is 6.64. The zero-order chi connectivity index (χ0) is 15.2. The van der Waals surface area contributed by atoms with E-state index in [1.807, 2.05) is 37.3 Å². The maximum Gasteiger partial charge on any atom is 0.244 e. The summed E-state index contributed by atoms with van der Waals surface area (Å²) in [4.78, 5) is 11.7. The summed E-state index contributed by atoms with van der Waals surface area (Å²) >= 11 is 5.94. The Kier molecular flexibility index (Phi) is 5.06. The third kappa shape index (κ3) is 4.13. The van der Waals surface area contributed by atoms with Crippen molar-refractivity contribution in [3.8, 4) is 5.75 Å². The van der Waals surface area contributed by atoms with Gasteiger partial charge in [0.1, 0.15) is 11.8 Å². The van der Waals surface area contributed by atoms with Crippen molar-refractivity contribution >= 4 is 23.2 Å². The van der Waals surface area contributed by atoms with Crippen molar-refractivity contribution in [3.63, 3.8) is 0 Å². The fraction of sp³-hybridized carbons (Fsp3) is 0.188. The molecule has 0 heterocycles. The standard InChI is InChI=1S/C16H17ClN2O2/c1-2-21-14-8-6-11(7-9-14)15(16(18)20)19-13-5-3-4-12(17)10-13/h3-10,15,19H,2H2,1H3,(H2,18,20). The number of nitrogens with two attached hydrogens (primary N) is 1. The predicted octanol–water partition coefficient (Wildman–Crippen LogP) is 3.38. The van der Waals surface area contributed by atoms with E-state index in [-0.39, 0.29) is 0 Å². The quantitative estimate of drug-likeness (QED) is 0.860. The molecule has 0 radical (unpaired) electrons. The van der Waals surface area contributed by atoms with Gasteiger partial charge in [0, 0.05) is 10.7 Å². The fourth-order valence-corrected chi connectivity index (χ4v) is 2.18. The van der Waals surface area contributed by atoms with Crippen molar-refractivity contribution in [1.82, 2.24) is 0 Å². The molecule has 0 fully saturated rings. The first-order chi connectivity index (χ1) is 10.1. The maximum atomic E-state index is 11.7. The molecule has 0 saturated heterocycles. The van der Waals surface area contributed by atoms with Crippen molar-refractivity contribution in [2.75, 3.05) is 11.9 Å². The largest absolute Gasteiger partial charge is 0.494 e. The van der Waals surface area contributed by atoms with E-state index in [9.17, 15) is 4.79 Å². The minimum Gasteiger partial charge on any atom is -0.494 e. The number of carbonyl (C=O) groups is 1. The van der Waals surface area contributed by atoms with Crippen LogP contribution in [0.25, 0.3) is 0 Å². The third-order valence-electron chi connectivity index (χ3n) is 2.94. The highest BCUT2D eigenvalue weighted by molar-refractivity contribution is 6.30. The zero-order valence-electron chi connectivity index (χ0n) is 11.7. The number of carbonyl (C=O) groups excluding carboxylic acids is 1. The topological polar surface area (TPSA) is 64.3 Å². The molecule has 21 heavy (non-hydrogen) atoms. The first-order valence-corrected chi connectivity index (χ1v) is 7.02. The molecular weight excluding hydrogens is 288 g/mol. The van der Waals surface area contributed by atoms with Gasteiger partial charge in [0.25, 0.3) is 0 Å². The number of nitrogens with one attached hydrogen (secondary N) is 1. The Morgan fingerprint density at radius 1 is 1.29 bits per heavy atom. The van der Waals surface area contributed by atoms with Gasteiger partial charge in [-0.25, -0.2) is 0 Å². The molecule has 0 aliphatic carbocycles. The summed E-state index contributed by atoms with van der Waals surface area (Å²) in [5, 5.41) is 3.68. The molecule has 4 nitrogen and oxygen atoms in total. The number of hydrogen-bond donors (Lipinski definition) is 2. The molecule has 3 N–H and O–H groups in total. The van der Waals surface area contributed by atoms with Crippen LogP contribution in [0.5, 0.6) is 5.75 Å². The molecule has 0 saturated carbocycles. The molecule has 0 aliphatic heterocycles. The summed E-state index contributed by atoms with van der Waals surface area (Å²) in [6.07, 6.45) is 0. The molecule has 1 atom stereocenters. The monoisotopic (exact) mass is 304 g/mol. The third-order valence-corrected chi connectivity index (χ3v) is 3.18. The van der Waals surface area contributed by atoms with Crippen molar-refractivity contribution in [1.29, 1.82) is 0 Å². The van der Waals surface area contributed by atoms with E-state index in [1.165, 1.54) is 0 Å². The van der Waals surface area contributed by atoms with Gasteiger partial charge in [-0.3, -0.25) is 4.79 Å². The second-order valence-corrected chi connectivity index (χ2v) is 4.93. The lowest BCUT2D eigenvalue weighted by molar-refractivity contribution is -0.118. The predicted molar refractivity (Wildman–Crippen MR) is 84.6 cm³/mol. The molecule has 1 unspecified atom stereocenters. The van der Waals surface area contributed by atoms with Crippen molar-refractivity contribution in [3.05, 3.63) is 59.1 Å². The average molecular weight is 305 g/mol. The molecule has 110 valence electrons. The van der Waals surface area contributed by atoms with Crippen LogP contribution in [-0.4, -0.2) is 12.5 Å². The Hall–Kier alpha value is -2.20. The van der Waals surface area contributed by atoms with Gasteiger partial charge in [0.05, 0.1) is 6.61 Å². The Morgan fingerprint density at radius 2 is 2.00 bits per heavy atom. The van der Waals surface area contributed by atoms with E-state index in [4.69, 9.17) is 22.1 Å². The van der Waals surface area contributed by atoms with Gasteiger partial charge in [0.15, 0.2) is 0 Å². The zero-order valence-corrected chi connectivity index (χ0v) is 12.4. The molecule has 0 bridgehead atoms. The van der Waals surface area contributed by atoms with Gasteiger partial charge in [-0.2, -0.15) is 0 Å². The molecular formula is C16H17ClN2O2. The van der Waals surface area contributed by atoms with Crippen molar-refractivity contribution < 1.29 is 9.53 Å². The van der Waals surface area contributed by atoms with E-state index >= 15 is 0 Å². The van der Waals surface area contributed by atoms with E-state index < -0.39 is 11.9 Å². The molecule has 1 amide bonds. The summed E-state index contributed by atoms with van der Waals surface area (Å²) < 4.78 is 5.38. The summed E-state index contributed by atoms with van der Waals surface area (Å²) in [6, 6.07) is 13.8. The number of rotatable bonds is 6. The number of ether oxygens (including phenoxy) is 1. The summed E-state index contributed by atoms with van der Waals surface area (Å²) in [5.74, 6) is 0.298. The molecule has 2 aromatic carbocycles. The van der Waals surface area contributed by atoms with E-state index in [1.54, 1.807) is 18.2 Å². The number of primary amides is 1. The number of benzene rings is 2. The number of halogens is 1. The van der Waals surface area contributed by atoms with E-state index in [0.717, 1.165) is 17.0 Å². The maximum absolute atomic E-state index is 11.7. The van der Waals surface area contributed by atoms with Crippen LogP contribution in [-0.2, 0) is 4.79 Å². The van der Waals surface area contributed by atoms with Crippen LogP contribution in [0.3, 0.4) is 0 Å². The van der Waals surface area contributed by atoms with Gasteiger partial charge in [0.2, 0.25) is 5.91 Å². The molecule has 0 aliphatic rings. The Labute approximate surface area is 128 Å². The second-order valence-electron chi connectivity index (χ2n) is 4.49. The first kappa shape index (κ1) is 15.2. The van der Waals surface area contributed by atoms with Crippen LogP contribution in [0, 0.1) is 0 Å². The number of amides is 1. The second kappa shape index (κ2) is 6.99. The highest BCUT2D eigenvalue weighted by Gasteiger charge is 2.17. The summed E-state index contributed by atoms with van der Waals surface area (Å²) in [7, 11) is 0. The van der Waals surface area contributed by atoms with E-state index in [2.05, 4.69) is 5.32 Å². The lowest BCUT2D eigenvalue weighted by Crippen LogP contribution is -2.27. The smallest absolute Gasteiger partial charge is 0.244 e. The lowest BCUT2D eigenvalue weighted by atomic mass is 10.1. The van der Waals surface area contributed by atoms with Crippen molar-refractivity contribution in [2.24, 2.45) is 5.73 Å². The lowest BCUT2D eigenvalue weighted by Gasteiger charge is -2.17.